The van der Waals surface area contributed by atoms with E-state index in [-0.39, 0.29) is 11.5 Å². The van der Waals surface area contributed by atoms with Gasteiger partial charge in [-0.2, -0.15) is 0 Å². The highest BCUT2D eigenvalue weighted by Gasteiger charge is 2.11. The summed E-state index contributed by atoms with van der Waals surface area (Å²) in [5.74, 6) is -1.28. The minimum absolute atomic E-state index is 0.153. The highest BCUT2D eigenvalue weighted by atomic mass is 32.2. The van der Waals surface area contributed by atoms with Crippen LogP contribution in [0.1, 0.15) is 31.8 Å². The van der Waals surface area contributed by atoms with Gasteiger partial charge in [-0.15, -0.1) is 11.8 Å². The van der Waals surface area contributed by atoms with E-state index < -0.39 is 5.97 Å². The predicted molar refractivity (Wildman–Crippen MR) is 109 cm³/mol. The van der Waals surface area contributed by atoms with Gasteiger partial charge in [0, 0.05) is 22.6 Å². The largest absolute Gasteiger partial charge is 0.478 e. The van der Waals surface area contributed by atoms with Crippen molar-refractivity contribution >= 4 is 29.3 Å². The van der Waals surface area contributed by atoms with E-state index >= 15 is 0 Å². The number of benzene rings is 3. The average Bonchev–Trinajstić information content (AvgIpc) is 2.70. The topological polar surface area (TPSA) is 66.4 Å². The van der Waals surface area contributed by atoms with Crippen LogP contribution in [-0.2, 0) is 6.42 Å². The maximum Gasteiger partial charge on any atom is 0.335 e. The van der Waals surface area contributed by atoms with E-state index in [1.54, 1.807) is 11.8 Å². The summed E-state index contributed by atoms with van der Waals surface area (Å²) in [6, 6.07) is 21.8. The van der Waals surface area contributed by atoms with Crippen LogP contribution in [0, 0.1) is 0 Å². The summed E-state index contributed by atoms with van der Waals surface area (Å²) in [5, 5.41) is 11.9. The van der Waals surface area contributed by atoms with E-state index in [1.165, 1.54) is 34.7 Å². The number of amides is 1. The van der Waals surface area contributed by atoms with Gasteiger partial charge in [0.1, 0.15) is 0 Å². The number of hydrogen-bond donors (Lipinski definition) is 2. The fourth-order valence-electron chi connectivity index (χ4n) is 2.81. The number of para-hydroxylation sites is 1. The molecule has 0 spiro atoms. The van der Waals surface area contributed by atoms with Crippen LogP contribution in [0.15, 0.2) is 77.7 Å². The summed E-state index contributed by atoms with van der Waals surface area (Å²) in [6.07, 6.45) is 2.76. The molecular weight excluding hydrogens is 358 g/mol. The quantitative estimate of drug-likeness (QED) is 0.597. The van der Waals surface area contributed by atoms with Crippen molar-refractivity contribution in [1.29, 1.82) is 0 Å². The molecule has 0 unspecified atom stereocenters. The smallest absolute Gasteiger partial charge is 0.335 e. The van der Waals surface area contributed by atoms with Crippen molar-refractivity contribution in [3.8, 4) is 0 Å². The fraction of sp³-hybridized carbons (Fsp3) is 0.0909. The molecule has 0 fully saturated rings. The molecule has 0 saturated carbocycles. The van der Waals surface area contributed by atoms with Crippen LogP contribution in [0.5, 0.6) is 0 Å². The summed E-state index contributed by atoms with van der Waals surface area (Å²) in [4.78, 5) is 24.7. The minimum atomic E-state index is -1.01. The number of rotatable bonds is 6. The Bertz CT molecular complexity index is 967. The van der Waals surface area contributed by atoms with Gasteiger partial charge in [0.05, 0.1) is 5.56 Å². The maximum absolute atomic E-state index is 12.6. The third-order valence-electron chi connectivity index (χ3n) is 4.23. The van der Waals surface area contributed by atoms with Crippen LogP contribution < -0.4 is 5.32 Å². The number of aromatic carboxylic acids is 1. The van der Waals surface area contributed by atoms with Gasteiger partial charge in [-0.05, 0) is 53.8 Å². The van der Waals surface area contributed by atoms with Crippen LogP contribution in [0.25, 0.3) is 0 Å². The molecular formula is C22H19NO3S. The van der Waals surface area contributed by atoms with Gasteiger partial charge in [-0.1, -0.05) is 36.4 Å². The number of hydrogen-bond acceptors (Lipinski definition) is 3. The average molecular weight is 377 g/mol. The Morgan fingerprint density at radius 2 is 1.44 bits per heavy atom. The van der Waals surface area contributed by atoms with E-state index in [0.29, 0.717) is 12.0 Å². The first-order valence-electron chi connectivity index (χ1n) is 8.43. The Labute approximate surface area is 162 Å². The first-order valence-corrected chi connectivity index (χ1v) is 9.65. The zero-order valence-corrected chi connectivity index (χ0v) is 15.6. The summed E-state index contributed by atoms with van der Waals surface area (Å²) in [6.45, 7) is 0. The van der Waals surface area contributed by atoms with Crippen molar-refractivity contribution in [3.05, 3.63) is 95.1 Å². The fourth-order valence-corrected chi connectivity index (χ4v) is 3.43. The lowest BCUT2D eigenvalue weighted by Gasteiger charge is -2.13. The molecule has 1 amide bonds. The summed E-state index contributed by atoms with van der Waals surface area (Å²) >= 11 is 1.70. The van der Waals surface area contributed by atoms with Crippen molar-refractivity contribution in [2.75, 3.05) is 11.6 Å². The maximum atomic E-state index is 12.6. The lowest BCUT2D eigenvalue weighted by Crippen LogP contribution is -2.13. The molecule has 136 valence electrons. The van der Waals surface area contributed by atoms with Gasteiger partial charge in [0.2, 0.25) is 0 Å². The molecule has 3 rings (SSSR count). The minimum Gasteiger partial charge on any atom is -0.478 e. The highest BCUT2D eigenvalue weighted by Crippen LogP contribution is 2.26. The normalized spacial score (nSPS) is 10.4. The second-order valence-corrected chi connectivity index (χ2v) is 6.83. The molecule has 0 bridgehead atoms. The summed E-state index contributed by atoms with van der Waals surface area (Å²) in [5.41, 5.74) is 3.55. The van der Waals surface area contributed by atoms with Crippen molar-refractivity contribution < 1.29 is 14.7 Å². The first kappa shape index (κ1) is 18.7. The van der Waals surface area contributed by atoms with Crippen LogP contribution in [-0.4, -0.2) is 23.2 Å². The highest BCUT2D eigenvalue weighted by molar-refractivity contribution is 7.98. The lowest BCUT2D eigenvalue weighted by atomic mass is 10.0. The molecule has 3 aromatic carbocycles. The molecule has 0 heterocycles. The second-order valence-electron chi connectivity index (χ2n) is 5.98. The van der Waals surface area contributed by atoms with Gasteiger partial charge in [-0.3, -0.25) is 4.79 Å². The Balaban J connectivity index is 1.81. The van der Waals surface area contributed by atoms with E-state index in [9.17, 15) is 9.59 Å². The van der Waals surface area contributed by atoms with Gasteiger partial charge in [-0.25, -0.2) is 4.79 Å². The van der Waals surface area contributed by atoms with Crippen molar-refractivity contribution in [3.63, 3.8) is 0 Å². The van der Waals surface area contributed by atoms with E-state index in [4.69, 9.17) is 5.11 Å². The van der Waals surface area contributed by atoms with Gasteiger partial charge >= 0.3 is 5.97 Å². The molecule has 27 heavy (non-hydrogen) atoms. The first-order chi connectivity index (χ1) is 13.1. The summed E-state index contributed by atoms with van der Waals surface area (Å²) < 4.78 is 0. The number of carbonyl (C=O) groups excluding carboxylic acids is 1. The molecule has 5 heteroatoms. The van der Waals surface area contributed by atoms with Crippen molar-refractivity contribution in [2.45, 2.75) is 11.3 Å². The monoisotopic (exact) mass is 377 g/mol. The van der Waals surface area contributed by atoms with Crippen LogP contribution in [0.2, 0.25) is 0 Å². The van der Waals surface area contributed by atoms with Crippen LogP contribution in [0.4, 0.5) is 5.69 Å². The molecule has 4 nitrogen and oxygen atoms in total. The third-order valence-corrected chi connectivity index (χ3v) is 5.07. The zero-order chi connectivity index (χ0) is 19.2. The van der Waals surface area contributed by atoms with Crippen molar-refractivity contribution in [1.82, 2.24) is 0 Å². The number of carboxylic acids is 1. The number of carbonyl (C=O) groups is 2. The molecule has 0 atom stereocenters. The number of anilines is 1. The molecule has 2 N–H and O–H groups in total. The standard InChI is InChI=1S/C22H19NO3S/c1-27-20-9-5-3-7-18(20)14-17-6-2-4-8-19(17)23-21(24)15-10-12-16(13-11-15)22(25)26/h2-13H,14H2,1H3,(H,23,24)(H,25,26). The number of carboxylic acid groups (broad SMARTS) is 1. The SMILES string of the molecule is CSc1ccccc1Cc1ccccc1NC(=O)c1ccc(C(=O)O)cc1. The predicted octanol–water partition coefficient (Wildman–Crippen LogP) is 4.95. The van der Waals surface area contributed by atoms with E-state index in [0.717, 1.165) is 11.3 Å². The summed E-state index contributed by atoms with van der Waals surface area (Å²) in [7, 11) is 0. The lowest BCUT2D eigenvalue weighted by molar-refractivity contribution is 0.0696. The van der Waals surface area contributed by atoms with Gasteiger partial charge < -0.3 is 10.4 Å². The molecule has 0 aliphatic heterocycles. The Hall–Kier alpha value is -3.05. The molecule has 0 saturated heterocycles. The Morgan fingerprint density at radius 3 is 2.11 bits per heavy atom. The van der Waals surface area contributed by atoms with Gasteiger partial charge in [0.25, 0.3) is 5.91 Å². The molecule has 0 aromatic heterocycles. The van der Waals surface area contributed by atoms with E-state index in [2.05, 4.69) is 17.4 Å². The number of nitrogens with one attached hydrogen (secondary N) is 1. The van der Waals surface area contributed by atoms with Crippen molar-refractivity contribution in [2.24, 2.45) is 0 Å². The molecule has 0 aliphatic rings. The zero-order valence-electron chi connectivity index (χ0n) is 14.8. The number of thioether (sulfide) groups is 1. The molecule has 0 aliphatic carbocycles. The van der Waals surface area contributed by atoms with E-state index in [1.807, 2.05) is 42.7 Å². The second kappa shape index (κ2) is 8.56. The molecule has 3 aromatic rings. The Morgan fingerprint density at radius 1 is 0.852 bits per heavy atom. The van der Waals surface area contributed by atoms with Crippen LogP contribution in [0.3, 0.4) is 0 Å². The van der Waals surface area contributed by atoms with Gasteiger partial charge in [0.15, 0.2) is 0 Å². The molecule has 0 radical (unpaired) electrons. The third kappa shape index (κ3) is 4.57. The Kier molecular flexibility index (Phi) is 5.94. The van der Waals surface area contributed by atoms with Crippen LogP contribution >= 0.6 is 11.8 Å².